The maximum absolute atomic E-state index is 9.10. The number of carboxylic acids is 2. The third kappa shape index (κ3) is 7.74. The van der Waals surface area contributed by atoms with Gasteiger partial charge in [0, 0.05) is 22.2 Å². The van der Waals surface area contributed by atoms with Crippen LogP contribution in [0, 0.1) is 0 Å². The Morgan fingerprint density at radius 1 is 1.04 bits per heavy atom. The fourth-order valence-electron chi connectivity index (χ4n) is 2.02. The molecule has 26 heavy (non-hydrogen) atoms. The van der Waals surface area contributed by atoms with Crippen LogP contribution in [0.1, 0.15) is 11.1 Å². The number of hydrogen-bond donors (Lipinski definition) is 3. The van der Waals surface area contributed by atoms with Crippen molar-refractivity contribution >= 4 is 35.1 Å². The molecule has 2 aromatic carbocycles. The highest BCUT2D eigenvalue weighted by Crippen LogP contribution is 2.21. The molecule has 0 saturated heterocycles. The van der Waals surface area contributed by atoms with Crippen molar-refractivity contribution in [3.63, 3.8) is 0 Å². The van der Waals surface area contributed by atoms with Crippen molar-refractivity contribution in [2.45, 2.75) is 13.0 Å². The molecule has 0 amide bonds. The summed E-state index contributed by atoms with van der Waals surface area (Å²) in [6.07, 6.45) is 0.866. The molecule has 0 atom stereocenters. The number of methoxy groups -OCH3 is 1. The summed E-state index contributed by atoms with van der Waals surface area (Å²) in [5.74, 6) is -2.74. The minimum absolute atomic E-state index is 0.667. The van der Waals surface area contributed by atoms with Crippen molar-refractivity contribution in [2.24, 2.45) is 0 Å². The SMILES string of the molecule is COc1ccccc1CNCCc1ccc(Cl)cc1Cl.O=C(O)C(=O)O. The second kappa shape index (κ2) is 11.4. The smallest absolute Gasteiger partial charge is 0.414 e. The lowest BCUT2D eigenvalue weighted by Crippen LogP contribution is -2.17. The van der Waals surface area contributed by atoms with Gasteiger partial charge < -0.3 is 20.3 Å². The minimum Gasteiger partial charge on any atom is -0.496 e. The fraction of sp³-hybridized carbons (Fsp3) is 0.222. The van der Waals surface area contributed by atoms with Crippen molar-refractivity contribution in [3.05, 3.63) is 63.6 Å². The highest BCUT2D eigenvalue weighted by atomic mass is 35.5. The molecule has 0 bridgehead atoms. The van der Waals surface area contributed by atoms with E-state index in [1.54, 1.807) is 13.2 Å². The van der Waals surface area contributed by atoms with Crippen LogP contribution < -0.4 is 10.1 Å². The van der Waals surface area contributed by atoms with E-state index in [1.165, 1.54) is 0 Å². The van der Waals surface area contributed by atoms with Crippen LogP contribution in [0.5, 0.6) is 5.75 Å². The summed E-state index contributed by atoms with van der Waals surface area (Å²) in [7, 11) is 1.69. The number of hydrogen-bond acceptors (Lipinski definition) is 4. The maximum atomic E-state index is 9.10. The lowest BCUT2D eigenvalue weighted by molar-refractivity contribution is -0.159. The number of para-hydroxylation sites is 1. The van der Waals surface area contributed by atoms with Gasteiger partial charge in [0.05, 0.1) is 7.11 Å². The van der Waals surface area contributed by atoms with E-state index in [-0.39, 0.29) is 0 Å². The zero-order valence-electron chi connectivity index (χ0n) is 14.0. The quantitative estimate of drug-likeness (QED) is 0.508. The molecule has 0 fully saturated rings. The normalized spacial score (nSPS) is 9.81. The second-order valence-electron chi connectivity index (χ2n) is 5.08. The van der Waals surface area contributed by atoms with Gasteiger partial charge in [-0.25, -0.2) is 9.59 Å². The first-order chi connectivity index (χ1) is 12.3. The van der Waals surface area contributed by atoms with Crippen LogP contribution in [-0.4, -0.2) is 35.8 Å². The number of benzene rings is 2. The third-order valence-corrected chi connectivity index (χ3v) is 3.86. The molecule has 0 radical (unpaired) electrons. The Morgan fingerprint density at radius 2 is 1.69 bits per heavy atom. The van der Waals surface area contributed by atoms with Crippen LogP contribution in [0.25, 0.3) is 0 Å². The molecule has 2 rings (SSSR count). The molecule has 0 saturated carbocycles. The van der Waals surface area contributed by atoms with Crippen LogP contribution in [-0.2, 0) is 22.6 Å². The second-order valence-corrected chi connectivity index (χ2v) is 5.93. The lowest BCUT2D eigenvalue weighted by Gasteiger charge is -2.10. The molecule has 6 nitrogen and oxygen atoms in total. The molecule has 0 aliphatic rings. The number of ether oxygens (including phenoxy) is 1. The Kier molecular flexibility index (Phi) is 9.51. The predicted octanol–water partition coefficient (Wildman–Crippen LogP) is 3.49. The number of carbonyl (C=O) groups is 2. The molecule has 0 heterocycles. The molecule has 8 heteroatoms. The van der Waals surface area contributed by atoms with Gasteiger partial charge in [0.15, 0.2) is 0 Å². The van der Waals surface area contributed by atoms with E-state index in [4.69, 9.17) is 47.7 Å². The van der Waals surface area contributed by atoms with E-state index in [1.807, 2.05) is 30.3 Å². The summed E-state index contributed by atoms with van der Waals surface area (Å²) >= 11 is 12.0. The summed E-state index contributed by atoms with van der Waals surface area (Å²) in [4.78, 5) is 18.2. The predicted molar refractivity (Wildman–Crippen MR) is 100 cm³/mol. The van der Waals surface area contributed by atoms with E-state index in [2.05, 4.69) is 11.4 Å². The summed E-state index contributed by atoms with van der Waals surface area (Å²) in [6, 6.07) is 13.6. The Balaban J connectivity index is 0.000000487. The first-order valence-electron chi connectivity index (χ1n) is 7.58. The molecular formula is C18H19Cl2NO5. The summed E-state index contributed by atoms with van der Waals surface area (Å²) in [5, 5.41) is 19.6. The molecular weight excluding hydrogens is 381 g/mol. The maximum Gasteiger partial charge on any atom is 0.414 e. The van der Waals surface area contributed by atoms with Crippen molar-refractivity contribution in [2.75, 3.05) is 13.7 Å². The largest absolute Gasteiger partial charge is 0.496 e. The van der Waals surface area contributed by atoms with Gasteiger partial charge in [0.25, 0.3) is 0 Å². The van der Waals surface area contributed by atoms with Gasteiger partial charge in [0.2, 0.25) is 0 Å². The van der Waals surface area contributed by atoms with Crippen LogP contribution in [0.15, 0.2) is 42.5 Å². The summed E-state index contributed by atoms with van der Waals surface area (Å²) < 4.78 is 5.32. The lowest BCUT2D eigenvalue weighted by atomic mass is 10.1. The van der Waals surface area contributed by atoms with Crippen molar-refractivity contribution < 1.29 is 24.5 Å². The van der Waals surface area contributed by atoms with Crippen molar-refractivity contribution in [1.82, 2.24) is 5.32 Å². The van der Waals surface area contributed by atoms with Gasteiger partial charge in [-0.2, -0.15) is 0 Å². The number of aliphatic carboxylic acids is 2. The number of nitrogens with one attached hydrogen (secondary N) is 1. The zero-order valence-corrected chi connectivity index (χ0v) is 15.5. The van der Waals surface area contributed by atoms with Gasteiger partial charge in [-0.05, 0) is 36.7 Å². The molecule has 0 aliphatic carbocycles. The molecule has 140 valence electrons. The van der Waals surface area contributed by atoms with Gasteiger partial charge in [-0.3, -0.25) is 0 Å². The van der Waals surface area contributed by atoms with Crippen LogP contribution >= 0.6 is 23.2 Å². The third-order valence-electron chi connectivity index (χ3n) is 3.28. The first-order valence-corrected chi connectivity index (χ1v) is 8.33. The standard InChI is InChI=1S/C16H17Cl2NO.C2H2O4/c1-20-16-5-3-2-4-13(16)11-19-9-8-12-6-7-14(17)10-15(12)18;3-1(4)2(5)6/h2-7,10,19H,8-9,11H2,1H3;(H,3,4)(H,5,6). The molecule has 0 unspecified atom stereocenters. The number of carboxylic acid groups (broad SMARTS) is 2. The molecule has 0 aromatic heterocycles. The number of halogens is 2. The van der Waals surface area contributed by atoms with Crippen LogP contribution in [0.4, 0.5) is 0 Å². The topological polar surface area (TPSA) is 95.9 Å². The van der Waals surface area contributed by atoms with E-state index in [0.29, 0.717) is 5.02 Å². The average molecular weight is 400 g/mol. The summed E-state index contributed by atoms with van der Waals surface area (Å²) in [5.41, 5.74) is 2.25. The molecule has 3 N–H and O–H groups in total. The van der Waals surface area contributed by atoms with E-state index in [0.717, 1.165) is 41.4 Å². The summed E-state index contributed by atoms with van der Waals surface area (Å²) in [6.45, 7) is 1.62. The average Bonchev–Trinajstić information content (AvgIpc) is 2.61. The van der Waals surface area contributed by atoms with Gasteiger partial charge in [0.1, 0.15) is 5.75 Å². The Bertz CT molecular complexity index is 740. The van der Waals surface area contributed by atoms with E-state index >= 15 is 0 Å². The molecule has 2 aromatic rings. The van der Waals surface area contributed by atoms with Crippen molar-refractivity contribution in [1.29, 1.82) is 0 Å². The van der Waals surface area contributed by atoms with Gasteiger partial charge in [-0.1, -0.05) is 47.5 Å². The van der Waals surface area contributed by atoms with Crippen LogP contribution in [0.3, 0.4) is 0 Å². The fourth-order valence-corrected chi connectivity index (χ4v) is 2.52. The Morgan fingerprint density at radius 3 is 2.27 bits per heavy atom. The molecule has 0 aliphatic heterocycles. The van der Waals surface area contributed by atoms with E-state index in [9.17, 15) is 0 Å². The monoisotopic (exact) mass is 399 g/mol. The molecule has 0 spiro atoms. The zero-order chi connectivity index (χ0) is 19.5. The minimum atomic E-state index is -1.82. The highest BCUT2D eigenvalue weighted by molar-refractivity contribution is 6.35. The van der Waals surface area contributed by atoms with Gasteiger partial charge in [-0.15, -0.1) is 0 Å². The highest BCUT2D eigenvalue weighted by Gasteiger charge is 2.04. The Labute approximate surface area is 161 Å². The van der Waals surface area contributed by atoms with Gasteiger partial charge >= 0.3 is 11.9 Å². The van der Waals surface area contributed by atoms with Crippen molar-refractivity contribution in [3.8, 4) is 5.75 Å². The van der Waals surface area contributed by atoms with Crippen LogP contribution in [0.2, 0.25) is 10.0 Å². The first kappa shape index (κ1) is 21.8. The number of rotatable bonds is 6. The van der Waals surface area contributed by atoms with E-state index < -0.39 is 11.9 Å². The Hall–Kier alpha value is -2.28.